The molecule has 3 aromatic rings. The molecule has 0 aliphatic carbocycles. The predicted molar refractivity (Wildman–Crippen MR) is 107 cm³/mol. The number of allylic oxidation sites excluding steroid dienone is 1. The Balaban J connectivity index is 2.13. The molecule has 0 atom stereocenters. The van der Waals surface area contributed by atoms with Crippen molar-refractivity contribution in [2.75, 3.05) is 14.2 Å². The number of hydrogen-bond donors (Lipinski definition) is 3. The summed E-state index contributed by atoms with van der Waals surface area (Å²) in [5, 5.41) is 0.208. The third kappa shape index (κ3) is 3.96. The normalized spacial score (nSPS) is 12.2. The van der Waals surface area contributed by atoms with Gasteiger partial charge in [0.2, 0.25) is 0 Å². The minimum absolute atomic E-state index is 0.0972. The van der Waals surface area contributed by atoms with Gasteiger partial charge in [0.05, 0.1) is 31.9 Å². The molecule has 0 bridgehead atoms. The molecule has 2 heterocycles. The standard InChI is InChI=1S/C20H20N4O4/c1-11(2)18-15(21-10-22-18)9-17-20(26)23-16(19(25)24-17)7-12-5-13(27-3)8-14(6-12)28-4/h5-10H,1H2,2-4H3,(H,21,22)(H,23,26)(H,24,25)/b16-7-,17-9-. The van der Waals surface area contributed by atoms with Crippen LogP contribution in [0.3, 0.4) is 0 Å². The topological polar surface area (TPSA) is 113 Å². The van der Waals surface area contributed by atoms with Crippen molar-refractivity contribution >= 4 is 17.7 Å². The number of benzene rings is 1. The summed E-state index contributed by atoms with van der Waals surface area (Å²) in [5.74, 6) is 1.14. The molecule has 3 rings (SSSR count). The van der Waals surface area contributed by atoms with Gasteiger partial charge in [-0.2, -0.15) is 0 Å². The van der Waals surface area contributed by atoms with Crippen LogP contribution in [0.4, 0.5) is 0 Å². The first-order valence-corrected chi connectivity index (χ1v) is 8.39. The Morgan fingerprint density at radius 3 is 2.11 bits per heavy atom. The summed E-state index contributed by atoms with van der Waals surface area (Å²) in [7, 11) is 3.07. The van der Waals surface area contributed by atoms with Gasteiger partial charge in [0.1, 0.15) is 22.2 Å². The lowest BCUT2D eigenvalue weighted by atomic mass is 10.2. The summed E-state index contributed by atoms with van der Waals surface area (Å²) in [6.45, 7) is 5.67. The van der Waals surface area contributed by atoms with E-state index in [0.717, 1.165) is 5.57 Å². The SMILES string of the molecule is C=C(C)c1[nH]cnc1/C=c1\[nH]c(=O)/c(=C/c2cc(OC)cc(OC)c2)[nH]c1=O. The summed E-state index contributed by atoms with van der Waals surface area (Å²) >= 11 is 0. The highest BCUT2D eigenvalue weighted by atomic mass is 16.5. The Hall–Kier alpha value is -3.81. The molecule has 8 heteroatoms. The largest absolute Gasteiger partial charge is 0.497 e. The minimum Gasteiger partial charge on any atom is -0.497 e. The molecule has 8 nitrogen and oxygen atoms in total. The second-order valence-electron chi connectivity index (χ2n) is 6.11. The predicted octanol–water partition coefficient (Wildman–Crippen LogP) is 0.494. The maximum Gasteiger partial charge on any atom is 0.272 e. The number of rotatable bonds is 5. The zero-order chi connectivity index (χ0) is 20.3. The smallest absolute Gasteiger partial charge is 0.272 e. The molecule has 0 unspecified atom stereocenters. The van der Waals surface area contributed by atoms with E-state index in [1.54, 1.807) is 24.3 Å². The van der Waals surface area contributed by atoms with Crippen LogP contribution in [0, 0.1) is 0 Å². The van der Waals surface area contributed by atoms with Gasteiger partial charge in [-0.25, -0.2) is 4.98 Å². The molecular formula is C20H20N4O4. The summed E-state index contributed by atoms with van der Waals surface area (Å²) in [5.41, 5.74) is 1.73. The van der Waals surface area contributed by atoms with Gasteiger partial charge in [-0.3, -0.25) is 9.59 Å². The summed E-state index contributed by atoms with van der Waals surface area (Å²) in [6, 6.07) is 5.16. The van der Waals surface area contributed by atoms with Crippen LogP contribution in [0.15, 0.2) is 40.7 Å². The highest BCUT2D eigenvalue weighted by Crippen LogP contribution is 2.22. The zero-order valence-electron chi connectivity index (χ0n) is 15.8. The van der Waals surface area contributed by atoms with Crippen LogP contribution in [0.5, 0.6) is 11.5 Å². The second-order valence-corrected chi connectivity index (χ2v) is 6.11. The Bertz CT molecular complexity index is 1240. The fourth-order valence-electron chi connectivity index (χ4n) is 2.67. The van der Waals surface area contributed by atoms with Crippen molar-refractivity contribution < 1.29 is 9.47 Å². The lowest BCUT2D eigenvalue weighted by Gasteiger charge is -2.05. The van der Waals surface area contributed by atoms with E-state index < -0.39 is 11.1 Å². The molecule has 0 saturated carbocycles. The van der Waals surface area contributed by atoms with Gasteiger partial charge in [-0.05, 0) is 42.3 Å². The van der Waals surface area contributed by atoms with Crippen molar-refractivity contribution in [3.63, 3.8) is 0 Å². The average molecular weight is 380 g/mol. The first kappa shape index (κ1) is 19.0. The highest BCUT2D eigenvalue weighted by Gasteiger charge is 2.05. The van der Waals surface area contributed by atoms with Crippen LogP contribution >= 0.6 is 0 Å². The number of ether oxygens (including phenoxy) is 2. The lowest BCUT2D eigenvalue weighted by molar-refractivity contribution is 0.394. The van der Waals surface area contributed by atoms with Crippen molar-refractivity contribution in [2.45, 2.75) is 6.92 Å². The van der Waals surface area contributed by atoms with Crippen molar-refractivity contribution in [1.29, 1.82) is 0 Å². The molecule has 2 aromatic heterocycles. The second kappa shape index (κ2) is 7.83. The van der Waals surface area contributed by atoms with Crippen LogP contribution in [0.25, 0.3) is 17.7 Å². The molecule has 1 aromatic carbocycles. The van der Waals surface area contributed by atoms with Gasteiger partial charge in [-0.15, -0.1) is 0 Å². The quantitative estimate of drug-likeness (QED) is 0.596. The third-order valence-corrected chi connectivity index (χ3v) is 4.05. The van der Waals surface area contributed by atoms with Gasteiger partial charge < -0.3 is 24.4 Å². The van der Waals surface area contributed by atoms with E-state index in [1.807, 2.05) is 6.92 Å². The fraction of sp³-hybridized carbons (Fsp3) is 0.150. The van der Waals surface area contributed by atoms with Crippen LogP contribution in [-0.4, -0.2) is 34.2 Å². The van der Waals surface area contributed by atoms with Gasteiger partial charge in [0.25, 0.3) is 11.1 Å². The number of methoxy groups -OCH3 is 2. The molecule has 0 amide bonds. The fourth-order valence-corrected chi connectivity index (χ4v) is 2.67. The highest BCUT2D eigenvalue weighted by molar-refractivity contribution is 5.66. The Labute approximate surface area is 159 Å². The molecule has 0 aliphatic rings. The van der Waals surface area contributed by atoms with Gasteiger partial charge in [0.15, 0.2) is 0 Å². The summed E-state index contributed by atoms with van der Waals surface area (Å²) in [4.78, 5) is 37.2. The van der Waals surface area contributed by atoms with Crippen molar-refractivity contribution in [1.82, 2.24) is 19.9 Å². The first-order chi connectivity index (χ1) is 13.4. The van der Waals surface area contributed by atoms with Crippen LogP contribution in [0.2, 0.25) is 0 Å². The van der Waals surface area contributed by atoms with E-state index in [0.29, 0.717) is 28.5 Å². The maximum atomic E-state index is 12.5. The first-order valence-electron chi connectivity index (χ1n) is 8.39. The number of H-pyrrole nitrogens is 3. The van der Waals surface area contributed by atoms with E-state index in [-0.39, 0.29) is 10.7 Å². The number of aromatic amines is 3. The van der Waals surface area contributed by atoms with E-state index in [9.17, 15) is 9.59 Å². The van der Waals surface area contributed by atoms with E-state index in [2.05, 4.69) is 26.5 Å². The van der Waals surface area contributed by atoms with Crippen molar-refractivity contribution in [3.8, 4) is 11.5 Å². The average Bonchev–Trinajstić information content (AvgIpc) is 3.14. The number of imidazole rings is 1. The molecular weight excluding hydrogens is 360 g/mol. The number of nitrogens with zero attached hydrogens (tertiary/aromatic N) is 1. The Morgan fingerprint density at radius 1 is 1.00 bits per heavy atom. The van der Waals surface area contributed by atoms with Crippen LogP contribution in [-0.2, 0) is 0 Å². The lowest BCUT2D eigenvalue weighted by Crippen LogP contribution is -2.46. The van der Waals surface area contributed by atoms with Crippen molar-refractivity contribution in [3.05, 3.63) is 79.5 Å². The Kier molecular flexibility index (Phi) is 5.30. The van der Waals surface area contributed by atoms with Crippen LogP contribution in [0.1, 0.15) is 23.9 Å². The molecule has 144 valence electrons. The minimum atomic E-state index is -0.448. The Morgan fingerprint density at radius 2 is 1.57 bits per heavy atom. The summed E-state index contributed by atoms with van der Waals surface area (Å²) < 4.78 is 10.4. The molecule has 0 saturated heterocycles. The van der Waals surface area contributed by atoms with E-state index in [4.69, 9.17) is 9.47 Å². The number of hydrogen-bond acceptors (Lipinski definition) is 5. The van der Waals surface area contributed by atoms with E-state index in [1.165, 1.54) is 26.6 Å². The molecule has 0 aliphatic heterocycles. The van der Waals surface area contributed by atoms with E-state index >= 15 is 0 Å². The van der Waals surface area contributed by atoms with Gasteiger partial charge in [0, 0.05) is 6.07 Å². The van der Waals surface area contributed by atoms with Gasteiger partial charge >= 0.3 is 0 Å². The molecule has 3 N–H and O–H groups in total. The molecule has 0 fully saturated rings. The molecule has 0 radical (unpaired) electrons. The molecule has 0 spiro atoms. The molecule has 28 heavy (non-hydrogen) atoms. The zero-order valence-corrected chi connectivity index (χ0v) is 15.8. The third-order valence-electron chi connectivity index (χ3n) is 4.05. The maximum absolute atomic E-state index is 12.5. The monoisotopic (exact) mass is 380 g/mol. The summed E-state index contributed by atoms with van der Waals surface area (Å²) in [6.07, 6.45) is 4.54. The van der Waals surface area contributed by atoms with Gasteiger partial charge in [-0.1, -0.05) is 6.58 Å². The number of nitrogens with one attached hydrogen (secondary N) is 3. The van der Waals surface area contributed by atoms with Crippen LogP contribution < -0.4 is 31.3 Å². The van der Waals surface area contributed by atoms with Crippen molar-refractivity contribution in [2.24, 2.45) is 0 Å². The number of aromatic nitrogens is 4.